The van der Waals surface area contributed by atoms with Gasteiger partial charge in [-0.3, -0.25) is 14.9 Å². The second-order valence-corrected chi connectivity index (χ2v) is 7.51. The first-order valence-corrected chi connectivity index (χ1v) is 10.1. The van der Waals surface area contributed by atoms with Gasteiger partial charge in [0, 0.05) is 34.4 Å². The van der Waals surface area contributed by atoms with E-state index in [-0.39, 0.29) is 18.2 Å². The monoisotopic (exact) mass is 443 g/mol. The van der Waals surface area contributed by atoms with Gasteiger partial charge in [0.25, 0.3) is 0 Å². The molecule has 0 saturated heterocycles. The van der Waals surface area contributed by atoms with Crippen molar-refractivity contribution in [1.29, 1.82) is 0 Å². The Morgan fingerprint density at radius 1 is 0.933 bits per heavy atom. The predicted molar refractivity (Wildman–Crippen MR) is 119 cm³/mol. The first-order chi connectivity index (χ1) is 14.4. The fourth-order valence-electron chi connectivity index (χ4n) is 2.52. The molecular formula is C20H18ClN5O3S. The van der Waals surface area contributed by atoms with Crippen LogP contribution in [0.4, 0.5) is 27.0 Å². The lowest BCUT2D eigenvalue weighted by Crippen LogP contribution is -2.19. The normalized spacial score (nSPS) is 10.2. The van der Waals surface area contributed by atoms with E-state index < -0.39 is 6.03 Å². The highest BCUT2D eigenvalue weighted by Gasteiger charge is 2.11. The van der Waals surface area contributed by atoms with Crippen LogP contribution in [0.15, 0.2) is 53.9 Å². The number of halogens is 1. The molecule has 0 spiro atoms. The van der Waals surface area contributed by atoms with Crippen LogP contribution in [0.5, 0.6) is 0 Å². The Labute approximate surface area is 181 Å². The molecule has 10 heteroatoms. The number of hydrogen-bond acceptors (Lipinski definition) is 5. The molecule has 8 nitrogen and oxygen atoms in total. The van der Waals surface area contributed by atoms with Gasteiger partial charge in [-0.15, -0.1) is 11.3 Å². The van der Waals surface area contributed by atoms with Crippen molar-refractivity contribution in [3.05, 3.63) is 64.6 Å². The summed E-state index contributed by atoms with van der Waals surface area (Å²) in [7, 11) is 0. The summed E-state index contributed by atoms with van der Waals surface area (Å²) in [5.74, 6) is -0.462. The average Bonchev–Trinajstić information content (AvgIpc) is 3.07. The highest BCUT2D eigenvalue weighted by atomic mass is 35.5. The number of urea groups is 1. The molecule has 0 aliphatic heterocycles. The molecule has 3 rings (SSSR count). The summed E-state index contributed by atoms with van der Waals surface area (Å²) in [5.41, 5.74) is 2.22. The van der Waals surface area contributed by atoms with Gasteiger partial charge < -0.3 is 16.0 Å². The van der Waals surface area contributed by atoms with E-state index in [4.69, 9.17) is 11.6 Å². The van der Waals surface area contributed by atoms with Crippen LogP contribution in [0.25, 0.3) is 0 Å². The molecule has 4 N–H and O–H groups in total. The standard InChI is InChI=1S/C20H18ClN5O3S/c1-12(27)22-15-6-3-7-16(9-15)23-18(28)10-17-11-30-20(25-17)26-19(29)24-14-5-2-4-13(21)8-14/h2-9,11H,10H2,1H3,(H,22,27)(H,23,28)(H2,24,25,26,29). The molecule has 3 aromatic rings. The van der Waals surface area contributed by atoms with Gasteiger partial charge in [-0.2, -0.15) is 0 Å². The second-order valence-electron chi connectivity index (χ2n) is 6.22. The molecule has 0 atom stereocenters. The van der Waals surface area contributed by atoms with Crippen LogP contribution in [0, 0.1) is 0 Å². The molecule has 0 unspecified atom stereocenters. The van der Waals surface area contributed by atoms with Gasteiger partial charge in [-0.25, -0.2) is 9.78 Å². The number of nitrogens with zero attached hydrogens (tertiary/aromatic N) is 1. The van der Waals surface area contributed by atoms with Crippen molar-refractivity contribution in [2.45, 2.75) is 13.3 Å². The fraction of sp³-hybridized carbons (Fsp3) is 0.100. The number of hydrogen-bond donors (Lipinski definition) is 4. The third-order valence-corrected chi connectivity index (χ3v) is 4.70. The second kappa shape index (κ2) is 9.86. The van der Waals surface area contributed by atoms with Gasteiger partial charge in [-0.1, -0.05) is 23.7 Å². The molecule has 1 heterocycles. The van der Waals surface area contributed by atoms with Gasteiger partial charge in [0.2, 0.25) is 11.8 Å². The number of anilines is 4. The molecule has 2 aromatic carbocycles. The molecule has 0 saturated carbocycles. The van der Waals surface area contributed by atoms with E-state index in [1.807, 2.05) is 0 Å². The summed E-state index contributed by atoms with van der Waals surface area (Å²) in [6.07, 6.45) is 0.0401. The molecule has 0 bridgehead atoms. The molecule has 0 aliphatic rings. The fourth-order valence-corrected chi connectivity index (χ4v) is 3.41. The Morgan fingerprint density at radius 2 is 1.60 bits per heavy atom. The van der Waals surface area contributed by atoms with Gasteiger partial charge >= 0.3 is 6.03 Å². The molecule has 0 fully saturated rings. The number of benzene rings is 2. The Bertz CT molecular complexity index is 1090. The Kier molecular flexibility index (Phi) is 6.99. The maximum absolute atomic E-state index is 12.3. The van der Waals surface area contributed by atoms with Gasteiger partial charge in [0.15, 0.2) is 5.13 Å². The smallest absolute Gasteiger partial charge is 0.325 e. The summed E-state index contributed by atoms with van der Waals surface area (Å²) in [5, 5.41) is 13.3. The first-order valence-electron chi connectivity index (χ1n) is 8.83. The zero-order chi connectivity index (χ0) is 21.5. The van der Waals surface area contributed by atoms with E-state index in [1.165, 1.54) is 18.3 Å². The van der Waals surface area contributed by atoms with E-state index >= 15 is 0 Å². The van der Waals surface area contributed by atoms with Crippen molar-refractivity contribution in [2.75, 3.05) is 21.3 Å². The minimum atomic E-state index is -0.461. The molecular weight excluding hydrogens is 426 g/mol. The van der Waals surface area contributed by atoms with Crippen molar-refractivity contribution in [3.8, 4) is 0 Å². The zero-order valence-electron chi connectivity index (χ0n) is 15.9. The van der Waals surface area contributed by atoms with E-state index in [0.717, 1.165) is 0 Å². The number of carbonyl (C=O) groups is 3. The summed E-state index contributed by atoms with van der Waals surface area (Å²) in [6.45, 7) is 1.41. The lowest BCUT2D eigenvalue weighted by Gasteiger charge is -2.07. The summed E-state index contributed by atoms with van der Waals surface area (Å²) in [6, 6.07) is 13.1. The van der Waals surface area contributed by atoms with Crippen LogP contribution in [-0.2, 0) is 16.0 Å². The molecule has 0 radical (unpaired) electrons. The Morgan fingerprint density at radius 3 is 2.30 bits per heavy atom. The minimum Gasteiger partial charge on any atom is -0.326 e. The zero-order valence-corrected chi connectivity index (χ0v) is 17.4. The van der Waals surface area contributed by atoms with Crippen LogP contribution >= 0.6 is 22.9 Å². The molecule has 0 aliphatic carbocycles. The van der Waals surface area contributed by atoms with Crippen molar-refractivity contribution in [3.63, 3.8) is 0 Å². The van der Waals surface area contributed by atoms with Gasteiger partial charge in [0.1, 0.15) is 0 Å². The number of aromatic nitrogens is 1. The number of rotatable bonds is 6. The van der Waals surface area contributed by atoms with Gasteiger partial charge in [-0.05, 0) is 36.4 Å². The summed E-state index contributed by atoms with van der Waals surface area (Å²) >= 11 is 7.10. The van der Waals surface area contributed by atoms with E-state index in [9.17, 15) is 14.4 Å². The van der Waals surface area contributed by atoms with Crippen LogP contribution < -0.4 is 21.3 Å². The van der Waals surface area contributed by atoms with Crippen molar-refractivity contribution >= 4 is 63.0 Å². The highest BCUT2D eigenvalue weighted by Crippen LogP contribution is 2.19. The van der Waals surface area contributed by atoms with E-state index in [1.54, 1.807) is 53.9 Å². The van der Waals surface area contributed by atoms with Crippen LogP contribution in [-0.4, -0.2) is 22.8 Å². The van der Waals surface area contributed by atoms with Crippen LogP contribution in [0.2, 0.25) is 5.02 Å². The molecule has 4 amide bonds. The third kappa shape index (κ3) is 6.57. The van der Waals surface area contributed by atoms with Crippen LogP contribution in [0.3, 0.4) is 0 Å². The Hall–Kier alpha value is -3.43. The SMILES string of the molecule is CC(=O)Nc1cccc(NC(=O)Cc2csc(NC(=O)Nc3cccc(Cl)c3)n2)c1. The van der Waals surface area contributed by atoms with Crippen LogP contribution in [0.1, 0.15) is 12.6 Å². The molecule has 1 aromatic heterocycles. The largest absolute Gasteiger partial charge is 0.326 e. The maximum Gasteiger partial charge on any atom is 0.325 e. The third-order valence-electron chi connectivity index (χ3n) is 3.66. The van der Waals surface area contributed by atoms with Crippen molar-refractivity contribution < 1.29 is 14.4 Å². The topological polar surface area (TPSA) is 112 Å². The number of carbonyl (C=O) groups excluding carboxylic acids is 3. The number of thiazole rings is 1. The highest BCUT2D eigenvalue weighted by molar-refractivity contribution is 7.14. The quantitative estimate of drug-likeness (QED) is 0.446. The number of nitrogens with one attached hydrogen (secondary N) is 4. The lowest BCUT2D eigenvalue weighted by molar-refractivity contribution is -0.116. The first kappa shape index (κ1) is 21.3. The van der Waals surface area contributed by atoms with E-state index in [0.29, 0.717) is 32.9 Å². The maximum atomic E-state index is 12.3. The van der Waals surface area contributed by atoms with Crippen molar-refractivity contribution in [1.82, 2.24) is 4.98 Å². The minimum absolute atomic E-state index is 0.0401. The van der Waals surface area contributed by atoms with E-state index in [2.05, 4.69) is 26.3 Å². The predicted octanol–water partition coefficient (Wildman–Crippen LogP) is 4.58. The summed E-state index contributed by atoms with van der Waals surface area (Å²) in [4.78, 5) is 39.7. The molecule has 154 valence electrons. The number of amides is 4. The van der Waals surface area contributed by atoms with Gasteiger partial charge in [0.05, 0.1) is 12.1 Å². The lowest BCUT2D eigenvalue weighted by atomic mass is 10.2. The summed E-state index contributed by atoms with van der Waals surface area (Å²) < 4.78 is 0. The average molecular weight is 444 g/mol. The van der Waals surface area contributed by atoms with Crippen molar-refractivity contribution in [2.24, 2.45) is 0 Å². The molecule has 30 heavy (non-hydrogen) atoms. The Balaban J connectivity index is 1.53.